The lowest BCUT2D eigenvalue weighted by molar-refractivity contribution is 0.599. The van der Waals surface area contributed by atoms with Crippen LogP contribution in [0.3, 0.4) is 0 Å². The van der Waals surface area contributed by atoms with Crippen LogP contribution >= 0.6 is 0 Å². The van der Waals surface area contributed by atoms with Crippen molar-refractivity contribution >= 4 is 15.8 Å². The van der Waals surface area contributed by atoms with E-state index in [2.05, 4.69) is 4.98 Å². The average molecular weight is 228 g/mol. The van der Waals surface area contributed by atoms with E-state index in [4.69, 9.17) is 0 Å². The van der Waals surface area contributed by atoms with Gasteiger partial charge in [0.2, 0.25) is 10.0 Å². The van der Waals surface area contributed by atoms with Crippen LogP contribution in [0.4, 0.5) is 5.82 Å². The molecule has 1 heterocycles. The maximum atomic E-state index is 11.4. The Bertz CT molecular complexity index is 440. The Morgan fingerprint density at radius 1 is 1.40 bits per heavy atom. The van der Waals surface area contributed by atoms with Gasteiger partial charge in [0.1, 0.15) is 5.82 Å². The molecule has 5 heteroatoms. The molecule has 15 heavy (non-hydrogen) atoms. The minimum Gasteiger partial charge on any atom is -0.257 e. The van der Waals surface area contributed by atoms with Crippen molar-refractivity contribution in [3.05, 3.63) is 23.9 Å². The van der Waals surface area contributed by atoms with Gasteiger partial charge in [0.25, 0.3) is 0 Å². The molecule has 1 aromatic heterocycles. The number of hydrogen-bond acceptors (Lipinski definition) is 3. The van der Waals surface area contributed by atoms with E-state index in [1.165, 1.54) is 17.6 Å². The molecule has 0 N–H and O–H groups in total. The van der Waals surface area contributed by atoms with Crippen molar-refractivity contribution in [2.45, 2.75) is 19.8 Å². The molecule has 0 radical (unpaired) electrons. The first-order valence-electron chi connectivity index (χ1n) is 4.73. The molecule has 1 aromatic rings. The summed E-state index contributed by atoms with van der Waals surface area (Å²) in [4.78, 5) is 4.11. The van der Waals surface area contributed by atoms with Crippen molar-refractivity contribution in [2.24, 2.45) is 0 Å². The molecule has 0 spiro atoms. The monoisotopic (exact) mass is 228 g/mol. The lowest BCUT2D eigenvalue weighted by Gasteiger charge is -2.20. The predicted molar refractivity (Wildman–Crippen MR) is 61.6 cm³/mol. The molecule has 0 aromatic carbocycles. The molecule has 1 rings (SSSR count). The largest absolute Gasteiger partial charge is 0.257 e. The highest BCUT2D eigenvalue weighted by Crippen LogP contribution is 2.25. The molecule has 0 aliphatic carbocycles. The summed E-state index contributed by atoms with van der Waals surface area (Å²) >= 11 is 0. The number of nitrogens with zero attached hydrogens (tertiary/aromatic N) is 2. The minimum atomic E-state index is -3.24. The fourth-order valence-electron chi connectivity index (χ4n) is 1.28. The molecule has 4 nitrogen and oxygen atoms in total. The van der Waals surface area contributed by atoms with Gasteiger partial charge in [-0.15, -0.1) is 0 Å². The smallest absolute Gasteiger partial charge is 0.233 e. The van der Waals surface area contributed by atoms with Gasteiger partial charge in [0.05, 0.1) is 6.26 Å². The maximum absolute atomic E-state index is 11.4. The summed E-state index contributed by atoms with van der Waals surface area (Å²) in [5.41, 5.74) is 0.936. The van der Waals surface area contributed by atoms with Crippen LogP contribution in [0, 0.1) is 0 Å². The Morgan fingerprint density at radius 2 is 2.00 bits per heavy atom. The van der Waals surface area contributed by atoms with E-state index in [1.54, 1.807) is 6.20 Å². The zero-order chi connectivity index (χ0) is 11.6. The Morgan fingerprint density at radius 3 is 2.47 bits per heavy atom. The van der Waals surface area contributed by atoms with Gasteiger partial charge in [-0.3, -0.25) is 4.31 Å². The number of aromatic nitrogens is 1. The summed E-state index contributed by atoms with van der Waals surface area (Å²) in [7, 11) is -1.72. The molecule has 0 atom stereocenters. The van der Waals surface area contributed by atoms with Crippen molar-refractivity contribution < 1.29 is 8.42 Å². The van der Waals surface area contributed by atoms with Gasteiger partial charge >= 0.3 is 0 Å². The Balaban J connectivity index is 3.26. The minimum absolute atomic E-state index is 0.248. The number of rotatable bonds is 3. The average Bonchev–Trinajstić information content (AvgIpc) is 2.15. The zero-order valence-corrected chi connectivity index (χ0v) is 10.2. The Kier molecular flexibility index (Phi) is 3.34. The van der Waals surface area contributed by atoms with Crippen molar-refractivity contribution in [2.75, 3.05) is 17.6 Å². The van der Waals surface area contributed by atoms with Crippen molar-refractivity contribution in [3.8, 4) is 0 Å². The van der Waals surface area contributed by atoms with E-state index in [-0.39, 0.29) is 5.92 Å². The summed E-state index contributed by atoms with van der Waals surface area (Å²) in [5, 5.41) is 0. The molecule has 0 fully saturated rings. The van der Waals surface area contributed by atoms with E-state index >= 15 is 0 Å². The Labute approximate surface area is 91.0 Å². The summed E-state index contributed by atoms with van der Waals surface area (Å²) in [5.74, 6) is 0.757. The molecule has 84 valence electrons. The number of sulfonamides is 1. The molecule has 0 saturated heterocycles. The zero-order valence-electron chi connectivity index (χ0n) is 9.43. The molecule has 0 amide bonds. The summed E-state index contributed by atoms with van der Waals surface area (Å²) in [6.07, 6.45) is 2.77. The van der Waals surface area contributed by atoms with Crippen molar-refractivity contribution in [1.29, 1.82) is 0 Å². The molecular weight excluding hydrogens is 212 g/mol. The molecule has 0 bridgehead atoms. The van der Waals surface area contributed by atoms with Crippen molar-refractivity contribution in [1.82, 2.24) is 4.98 Å². The van der Waals surface area contributed by atoms with Crippen LogP contribution in [0.5, 0.6) is 0 Å². The van der Waals surface area contributed by atoms with Gasteiger partial charge in [-0.2, -0.15) is 0 Å². The lowest BCUT2D eigenvalue weighted by Crippen LogP contribution is -2.27. The first-order chi connectivity index (χ1) is 6.84. The maximum Gasteiger partial charge on any atom is 0.233 e. The van der Waals surface area contributed by atoms with Gasteiger partial charge in [-0.25, -0.2) is 13.4 Å². The van der Waals surface area contributed by atoms with E-state index < -0.39 is 10.0 Å². The van der Waals surface area contributed by atoms with E-state index in [9.17, 15) is 8.42 Å². The predicted octanol–water partition coefficient (Wildman–Crippen LogP) is 1.60. The van der Waals surface area contributed by atoms with Crippen LogP contribution in [0.25, 0.3) is 0 Å². The molecular formula is C10H16N2O2S. The van der Waals surface area contributed by atoms with Gasteiger partial charge < -0.3 is 0 Å². The second kappa shape index (κ2) is 4.18. The molecule has 0 aliphatic rings. The highest BCUT2D eigenvalue weighted by atomic mass is 32.2. The van der Waals surface area contributed by atoms with E-state index in [0.717, 1.165) is 5.56 Å². The molecule has 0 aliphatic heterocycles. The van der Waals surface area contributed by atoms with Crippen LogP contribution in [0.1, 0.15) is 25.3 Å². The van der Waals surface area contributed by atoms with Crippen LogP contribution in [0.15, 0.2) is 18.3 Å². The Hall–Kier alpha value is -1.10. The van der Waals surface area contributed by atoms with Gasteiger partial charge in [-0.05, 0) is 17.5 Å². The fourth-order valence-corrected chi connectivity index (χ4v) is 1.75. The first kappa shape index (κ1) is 12.0. The number of anilines is 1. The normalized spacial score (nSPS) is 11.8. The summed E-state index contributed by atoms with van der Waals surface area (Å²) in [6.45, 7) is 4.02. The van der Waals surface area contributed by atoms with Gasteiger partial charge in [0.15, 0.2) is 0 Å². The van der Waals surface area contributed by atoms with Crippen molar-refractivity contribution in [3.63, 3.8) is 0 Å². The third kappa shape index (κ3) is 2.68. The molecule has 0 unspecified atom stereocenters. The third-order valence-corrected chi connectivity index (χ3v) is 3.40. The standard InChI is InChI=1S/C10H16N2O2S/c1-8(2)9-6-5-7-11-10(9)12(3)15(4,13)14/h5-8H,1-4H3. The van der Waals surface area contributed by atoms with Crippen LogP contribution in [0.2, 0.25) is 0 Å². The van der Waals surface area contributed by atoms with E-state index in [0.29, 0.717) is 5.82 Å². The van der Waals surface area contributed by atoms with E-state index in [1.807, 2.05) is 26.0 Å². The molecule has 0 saturated carbocycles. The second-order valence-electron chi connectivity index (χ2n) is 3.80. The lowest BCUT2D eigenvalue weighted by atomic mass is 10.0. The summed E-state index contributed by atoms with van der Waals surface area (Å²) < 4.78 is 24.0. The third-order valence-electron chi connectivity index (χ3n) is 2.23. The van der Waals surface area contributed by atoms with Crippen LogP contribution < -0.4 is 4.31 Å². The summed E-state index contributed by atoms with van der Waals surface area (Å²) in [6, 6.07) is 3.71. The van der Waals surface area contributed by atoms with Gasteiger partial charge in [-0.1, -0.05) is 19.9 Å². The first-order valence-corrected chi connectivity index (χ1v) is 6.57. The highest BCUT2D eigenvalue weighted by Gasteiger charge is 2.17. The fraction of sp³-hybridized carbons (Fsp3) is 0.500. The topological polar surface area (TPSA) is 50.3 Å². The number of pyridine rings is 1. The van der Waals surface area contributed by atoms with Crippen LogP contribution in [-0.4, -0.2) is 26.7 Å². The quantitative estimate of drug-likeness (QED) is 0.789. The van der Waals surface area contributed by atoms with Crippen LogP contribution in [-0.2, 0) is 10.0 Å². The number of hydrogen-bond donors (Lipinski definition) is 0. The van der Waals surface area contributed by atoms with Gasteiger partial charge in [0, 0.05) is 13.2 Å². The highest BCUT2D eigenvalue weighted by molar-refractivity contribution is 7.92. The second-order valence-corrected chi connectivity index (χ2v) is 5.82. The SMILES string of the molecule is CC(C)c1cccnc1N(C)S(C)(=O)=O.